The highest BCUT2D eigenvalue weighted by Gasteiger charge is 2.26. The molecule has 1 rings (SSSR count). The van der Waals surface area contributed by atoms with Gasteiger partial charge >= 0.3 is 0 Å². The fourth-order valence-corrected chi connectivity index (χ4v) is 2.21. The lowest BCUT2D eigenvalue weighted by molar-refractivity contribution is 0.274. The molecule has 0 amide bonds. The number of rotatable bonds is 9. The van der Waals surface area contributed by atoms with Crippen LogP contribution < -0.4 is 10.1 Å². The first-order valence-electron chi connectivity index (χ1n) is 7.62. The van der Waals surface area contributed by atoms with Crippen LogP contribution >= 0.6 is 0 Å². The van der Waals surface area contributed by atoms with E-state index < -0.39 is 5.54 Å². The molecule has 0 radical (unpaired) electrons. The van der Waals surface area contributed by atoms with Crippen molar-refractivity contribution >= 4 is 0 Å². The van der Waals surface area contributed by atoms with Crippen LogP contribution in [0.5, 0.6) is 5.75 Å². The first-order valence-corrected chi connectivity index (χ1v) is 7.62. The second-order valence-corrected chi connectivity index (χ2v) is 5.34. The molecule has 0 bridgehead atoms. The zero-order chi connectivity index (χ0) is 15.7. The Hall–Kier alpha value is -1.60. The molecule has 0 aliphatic carbocycles. The van der Waals surface area contributed by atoms with Gasteiger partial charge in [0, 0.05) is 6.07 Å². The number of halogens is 1. The van der Waals surface area contributed by atoms with Crippen LogP contribution in [0.3, 0.4) is 0 Å². The van der Waals surface area contributed by atoms with Crippen LogP contribution in [0.4, 0.5) is 4.39 Å². The molecule has 0 aliphatic rings. The number of hydrogen-bond donors (Lipinski definition) is 1. The number of nitriles is 1. The van der Waals surface area contributed by atoms with Crippen LogP contribution in [0.15, 0.2) is 18.2 Å². The van der Waals surface area contributed by atoms with Crippen molar-refractivity contribution < 1.29 is 9.13 Å². The minimum Gasteiger partial charge on any atom is -0.493 e. The second kappa shape index (κ2) is 8.63. The summed E-state index contributed by atoms with van der Waals surface area (Å²) in [5.41, 5.74) is 0.443. The molecule has 116 valence electrons. The van der Waals surface area contributed by atoms with Crippen molar-refractivity contribution in [1.29, 1.82) is 5.26 Å². The highest BCUT2D eigenvalue weighted by Crippen LogP contribution is 2.21. The van der Waals surface area contributed by atoms with Crippen molar-refractivity contribution in [2.45, 2.75) is 52.0 Å². The summed E-state index contributed by atoms with van der Waals surface area (Å²) >= 11 is 0. The summed E-state index contributed by atoms with van der Waals surface area (Å²) in [6.07, 6.45) is 3.26. The fourth-order valence-electron chi connectivity index (χ4n) is 2.21. The number of nitrogens with zero attached hydrogens (tertiary/aromatic N) is 1. The van der Waals surface area contributed by atoms with Crippen LogP contribution in [0, 0.1) is 24.1 Å². The zero-order valence-electron chi connectivity index (χ0n) is 13.2. The van der Waals surface area contributed by atoms with Gasteiger partial charge in [-0.25, -0.2) is 4.39 Å². The number of benzene rings is 1. The van der Waals surface area contributed by atoms with Gasteiger partial charge in [0.1, 0.15) is 17.1 Å². The van der Waals surface area contributed by atoms with Gasteiger partial charge < -0.3 is 4.74 Å². The molecule has 0 spiro atoms. The molecule has 1 aromatic carbocycles. The van der Waals surface area contributed by atoms with E-state index in [9.17, 15) is 9.65 Å². The number of ether oxygens (including phenoxy) is 1. The third kappa shape index (κ3) is 5.35. The molecule has 0 aliphatic heterocycles. The molecule has 0 aromatic heterocycles. The highest BCUT2D eigenvalue weighted by atomic mass is 19.1. The lowest BCUT2D eigenvalue weighted by Gasteiger charge is -2.26. The maximum atomic E-state index is 13.2. The summed E-state index contributed by atoms with van der Waals surface area (Å²) in [5, 5.41) is 12.7. The molecule has 21 heavy (non-hydrogen) atoms. The van der Waals surface area contributed by atoms with Gasteiger partial charge in [0.05, 0.1) is 12.7 Å². The Balaban J connectivity index is 2.48. The predicted molar refractivity (Wildman–Crippen MR) is 82.8 cm³/mol. The summed E-state index contributed by atoms with van der Waals surface area (Å²) < 4.78 is 18.8. The van der Waals surface area contributed by atoms with Crippen molar-refractivity contribution in [1.82, 2.24) is 5.32 Å². The zero-order valence-corrected chi connectivity index (χ0v) is 13.2. The molecule has 0 saturated heterocycles. The third-order valence-corrected chi connectivity index (χ3v) is 3.69. The molecule has 0 fully saturated rings. The van der Waals surface area contributed by atoms with Gasteiger partial charge in [0.25, 0.3) is 0 Å². The molecule has 4 heteroatoms. The number of nitrogens with one attached hydrogen (secondary N) is 1. The van der Waals surface area contributed by atoms with E-state index in [2.05, 4.69) is 18.3 Å². The predicted octanol–water partition coefficient (Wildman–Crippen LogP) is 3.97. The maximum Gasteiger partial charge on any atom is 0.126 e. The summed E-state index contributed by atoms with van der Waals surface area (Å²) in [6.45, 7) is 7.32. The van der Waals surface area contributed by atoms with E-state index in [1.165, 1.54) is 12.1 Å². The Morgan fingerprint density at radius 2 is 2.14 bits per heavy atom. The van der Waals surface area contributed by atoms with Crippen molar-refractivity contribution in [2.75, 3.05) is 13.2 Å². The summed E-state index contributed by atoms with van der Waals surface area (Å²) in [4.78, 5) is 0. The number of hydrogen-bond acceptors (Lipinski definition) is 3. The van der Waals surface area contributed by atoms with Crippen molar-refractivity contribution in [3.8, 4) is 11.8 Å². The Labute approximate surface area is 127 Å². The third-order valence-electron chi connectivity index (χ3n) is 3.69. The van der Waals surface area contributed by atoms with Gasteiger partial charge in [0.15, 0.2) is 0 Å². The van der Waals surface area contributed by atoms with Gasteiger partial charge in [-0.15, -0.1) is 0 Å². The van der Waals surface area contributed by atoms with Gasteiger partial charge in [-0.3, -0.25) is 5.32 Å². The van der Waals surface area contributed by atoms with E-state index in [1.54, 1.807) is 6.07 Å². The van der Waals surface area contributed by atoms with Crippen molar-refractivity contribution in [2.24, 2.45) is 0 Å². The van der Waals surface area contributed by atoms with Crippen LogP contribution in [-0.2, 0) is 0 Å². The monoisotopic (exact) mass is 292 g/mol. The van der Waals surface area contributed by atoms with Crippen molar-refractivity contribution in [3.63, 3.8) is 0 Å². The average molecular weight is 292 g/mol. The first kappa shape index (κ1) is 17.5. The minimum absolute atomic E-state index is 0.292. The molecular formula is C17H25FN2O. The fraction of sp³-hybridized carbons (Fsp3) is 0.588. The van der Waals surface area contributed by atoms with E-state index in [0.717, 1.165) is 37.8 Å². The topological polar surface area (TPSA) is 45.0 Å². The smallest absolute Gasteiger partial charge is 0.126 e. The molecule has 1 N–H and O–H groups in total. The number of aryl methyl sites for hydroxylation is 1. The average Bonchev–Trinajstić information content (AvgIpc) is 2.50. The molecule has 0 saturated carbocycles. The van der Waals surface area contributed by atoms with Gasteiger partial charge in [0.2, 0.25) is 0 Å². The molecule has 1 aromatic rings. The van der Waals surface area contributed by atoms with Crippen molar-refractivity contribution in [3.05, 3.63) is 29.6 Å². The van der Waals surface area contributed by atoms with Gasteiger partial charge in [-0.2, -0.15) is 5.26 Å². The Kier molecular flexibility index (Phi) is 7.18. The largest absolute Gasteiger partial charge is 0.493 e. The SMILES string of the molecule is CCCNC(C#N)(CC)CCCOc1cc(F)ccc1C. The van der Waals surface area contributed by atoms with Crippen LogP contribution in [0.1, 0.15) is 45.1 Å². The lowest BCUT2D eigenvalue weighted by atomic mass is 9.92. The van der Waals surface area contributed by atoms with E-state index >= 15 is 0 Å². The summed E-state index contributed by atoms with van der Waals surface area (Å²) in [7, 11) is 0. The lowest BCUT2D eigenvalue weighted by Crippen LogP contribution is -2.44. The highest BCUT2D eigenvalue weighted by molar-refractivity contribution is 5.32. The Bertz CT molecular complexity index is 484. The Morgan fingerprint density at radius 1 is 1.38 bits per heavy atom. The van der Waals surface area contributed by atoms with Crippen LogP contribution in [-0.4, -0.2) is 18.7 Å². The Morgan fingerprint density at radius 3 is 2.76 bits per heavy atom. The molecule has 1 unspecified atom stereocenters. The summed E-state index contributed by atoms with van der Waals surface area (Å²) in [6, 6.07) is 6.93. The van der Waals surface area contributed by atoms with E-state index in [4.69, 9.17) is 4.74 Å². The normalized spacial score (nSPS) is 13.5. The molecular weight excluding hydrogens is 267 g/mol. The van der Waals surface area contributed by atoms with Gasteiger partial charge in [-0.05, 0) is 50.8 Å². The van der Waals surface area contributed by atoms with Crippen LogP contribution in [0.2, 0.25) is 0 Å². The van der Waals surface area contributed by atoms with Gasteiger partial charge in [-0.1, -0.05) is 19.9 Å². The van der Waals surface area contributed by atoms with E-state index in [0.29, 0.717) is 12.4 Å². The van der Waals surface area contributed by atoms with E-state index in [1.807, 2.05) is 13.8 Å². The maximum absolute atomic E-state index is 13.2. The molecule has 1 atom stereocenters. The van der Waals surface area contributed by atoms with E-state index in [-0.39, 0.29) is 5.82 Å². The summed E-state index contributed by atoms with van der Waals surface area (Å²) in [5.74, 6) is 0.288. The molecule has 0 heterocycles. The molecule has 3 nitrogen and oxygen atoms in total. The minimum atomic E-state index is -0.476. The first-order chi connectivity index (χ1) is 10.1. The standard InChI is InChI=1S/C17H25FN2O/c1-4-10-20-17(5-2,13-19)9-6-11-21-16-12-15(18)8-7-14(16)3/h7-8,12,20H,4-6,9-11H2,1-3H3. The second-order valence-electron chi connectivity index (χ2n) is 5.34. The quantitative estimate of drug-likeness (QED) is 0.701. The van der Waals surface area contributed by atoms with Crippen LogP contribution in [0.25, 0.3) is 0 Å².